The Morgan fingerprint density at radius 2 is 2.00 bits per heavy atom. The summed E-state index contributed by atoms with van der Waals surface area (Å²) in [5.74, 6) is 0.676. The SMILES string of the molecule is Cc1cc(OCc2cccnc2C(=N)N)cc(C)c1Cl. The van der Waals surface area contributed by atoms with E-state index in [-0.39, 0.29) is 5.84 Å². The lowest BCUT2D eigenvalue weighted by atomic mass is 10.1. The van der Waals surface area contributed by atoms with E-state index in [0.717, 1.165) is 27.5 Å². The Hall–Kier alpha value is -2.07. The molecule has 0 spiro atoms. The highest BCUT2D eigenvalue weighted by atomic mass is 35.5. The summed E-state index contributed by atoms with van der Waals surface area (Å²) in [5, 5.41) is 8.25. The number of nitrogens with two attached hydrogens (primary N) is 1. The number of nitrogen functional groups attached to an aromatic ring is 1. The van der Waals surface area contributed by atoms with Crippen LogP contribution in [-0.2, 0) is 6.61 Å². The first-order chi connectivity index (χ1) is 9.49. The molecule has 104 valence electrons. The van der Waals surface area contributed by atoms with E-state index >= 15 is 0 Å². The first kappa shape index (κ1) is 14.3. The third kappa shape index (κ3) is 3.08. The fourth-order valence-electron chi connectivity index (χ4n) is 1.95. The Kier molecular flexibility index (Phi) is 4.25. The summed E-state index contributed by atoms with van der Waals surface area (Å²) in [6.07, 6.45) is 1.61. The maximum Gasteiger partial charge on any atom is 0.142 e. The molecule has 3 N–H and O–H groups in total. The molecule has 0 aliphatic heterocycles. The van der Waals surface area contributed by atoms with Gasteiger partial charge in [-0.3, -0.25) is 10.4 Å². The Bertz CT molecular complexity index is 632. The van der Waals surface area contributed by atoms with Crippen LogP contribution in [0, 0.1) is 19.3 Å². The fraction of sp³-hybridized carbons (Fsp3) is 0.200. The van der Waals surface area contributed by atoms with Crippen molar-refractivity contribution in [2.45, 2.75) is 20.5 Å². The summed E-state index contributed by atoms with van der Waals surface area (Å²) in [4.78, 5) is 4.09. The van der Waals surface area contributed by atoms with Crippen LogP contribution >= 0.6 is 11.6 Å². The average molecular weight is 290 g/mol. The molecule has 0 atom stereocenters. The average Bonchev–Trinajstić information content (AvgIpc) is 2.42. The van der Waals surface area contributed by atoms with Crippen molar-refractivity contribution < 1.29 is 4.74 Å². The molecule has 5 heteroatoms. The molecule has 0 fully saturated rings. The lowest BCUT2D eigenvalue weighted by molar-refractivity contribution is 0.305. The van der Waals surface area contributed by atoms with Crippen LogP contribution in [0.4, 0.5) is 0 Å². The van der Waals surface area contributed by atoms with Crippen LogP contribution in [0.1, 0.15) is 22.4 Å². The molecule has 0 saturated carbocycles. The molecule has 1 heterocycles. The van der Waals surface area contributed by atoms with Crippen molar-refractivity contribution in [1.82, 2.24) is 4.98 Å². The lowest BCUT2D eigenvalue weighted by Gasteiger charge is -2.11. The molecule has 0 unspecified atom stereocenters. The van der Waals surface area contributed by atoms with Gasteiger partial charge in [-0.05, 0) is 43.2 Å². The van der Waals surface area contributed by atoms with Gasteiger partial charge >= 0.3 is 0 Å². The Balaban J connectivity index is 2.19. The van der Waals surface area contributed by atoms with E-state index in [4.69, 9.17) is 27.5 Å². The Morgan fingerprint density at radius 1 is 1.35 bits per heavy atom. The smallest absolute Gasteiger partial charge is 0.142 e. The minimum absolute atomic E-state index is 0.0623. The van der Waals surface area contributed by atoms with Gasteiger partial charge in [0.25, 0.3) is 0 Å². The van der Waals surface area contributed by atoms with Gasteiger partial charge in [0.15, 0.2) is 0 Å². The summed E-state index contributed by atoms with van der Waals surface area (Å²) in [5.41, 5.74) is 8.68. The van der Waals surface area contributed by atoms with Crippen LogP contribution in [0.25, 0.3) is 0 Å². The molecule has 0 bridgehead atoms. The van der Waals surface area contributed by atoms with Crippen molar-refractivity contribution in [3.05, 3.63) is 57.9 Å². The number of benzene rings is 1. The van der Waals surface area contributed by atoms with Gasteiger partial charge in [-0.1, -0.05) is 17.7 Å². The molecular weight excluding hydrogens is 274 g/mol. The normalized spacial score (nSPS) is 10.3. The molecule has 0 amide bonds. The molecule has 0 aliphatic carbocycles. The van der Waals surface area contributed by atoms with Crippen molar-refractivity contribution >= 4 is 17.4 Å². The van der Waals surface area contributed by atoms with Gasteiger partial charge in [0.05, 0.1) is 0 Å². The van der Waals surface area contributed by atoms with Gasteiger partial charge in [0, 0.05) is 16.8 Å². The van der Waals surface area contributed by atoms with E-state index in [0.29, 0.717) is 12.3 Å². The summed E-state index contributed by atoms with van der Waals surface area (Å²) in [6, 6.07) is 7.42. The minimum Gasteiger partial charge on any atom is -0.489 e. The topological polar surface area (TPSA) is 72.0 Å². The van der Waals surface area contributed by atoms with Gasteiger partial charge in [-0.2, -0.15) is 0 Å². The molecule has 2 aromatic rings. The maximum absolute atomic E-state index is 7.50. The third-order valence-corrected chi connectivity index (χ3v) is 3.55. The Labute approximate surface area is 123 Å². The second kappa shape index (κ2) is 5.92. The molecule has 0 radical (unpaired) electrons. The number of ether oxygens (including phenoxy) is 1. The van der Waals surface area contributed by atoms with E-state index in [9.17, 15) is 0 Å². The number of hydrogen-bond donors (Lipinski definition) is 2. The number of hydrogen-bond acceptors (Lipinski definition) is 3. The molecule has 0 saturated heterocycles. The predicted molar refractivity (Wildman–Crippen MR) is 80.5 cm³/mol. The zero-order chi connectivity index (χ0) is 14.7. The quantitative estimate of drug-likeness (QED) is 0.670. The van der Waals surface area contributed by atoms with Gasteiger partial charge in [-0.15, -0.1) is 0 Å². The van der Waals surface area contributed by atoms with Gasteiger partial charge in [-0.25, -0.2) is 0 Å². The minimum atomic E-state index is -0.0623. The molecule has 20 heavy (non-hydrogen) atoms. The number of rotatable bonds is 4. The van der Waals surface area contributed by atoms with Crippen LogP contribution < -0.4 is 10.5 Å². The van der Waals surface area contributed by atoms with E-state index < -0.39 is 0 Å². The maximum atomic E-state index is 7.50. The highest BCUT2D eigenvalue weighted by Gasteiger charge is 2.08. The number of pyridine rings is 1. The monoisotopic (exact) mass is 289 g/mol. The highest BCUT2D eigenvalue weighted by Crippen LogP contribution is 2.26. The first-order valence-electron chi connectivity index (χ1n) is 6.17. The second-order valence-corrected chi connectivity index (χ2v) is 4.96. The molecule has 0 aliphatic rings. The van der Waals surface area contributed by atoms with Crippen molar-refractivity contribution in [2.75, 3.05) is 0 Å². The predicted octanol–water partition coefficient (Wildman–Crippen LogP) is 3.21. The summed E-state index contributed by atoms with van der Waals surface area (Å²) in [6.45, 7) is 4.18. The highest BCUT2D eigenvalue weighted by molar-refractivity contribution is 6.32. The Morgan fingerprint density at radius 3 is 2.60 bits per heavy atom. The number of amidine groups is 1. The van der Waals surface area contributed by atoms with Crippen molar-refractivity contribution in [1.29, 1.82) is 5.41 Å². The van der Waals surface area contributed by atoms with Crippen molar-refractivity contribution in [3.8, 4) is 5.75 Å². The molecule has 1 aromatic heterocycles. The van der Waals surface area contributed by atoms with E-state index in [1.165, 1.54) is 0 Å². The lowest BCUT2D eigenvalue weighted by Crippen LogP contribution is -2.16. The zero-order valence-electron chi connectivity index (χ0n) is 11.4. The number of aryl methyl sites for hydroxylation is 2. The van der Waals surface area contributed by atoms with Crippen LogP contribution in [0.3, 0.4) is 0 Å². The summed E-state index contributed by atoms with van der Waals surface area (Å²) < 4.78 is 5.75. The van der Waals surface area contributed by atoms with Gasteiger partial charge in [0.1, 0.15) is 23.9 Å². The zero-order valence-corrected chi connectivity index (χ0v) is 12.2. The van der Waals surface area contributed by atoms with Crippen LogP contribution in [-0.4, -0.2) is 10.8 Å². The molecule has 4 nitrogen and oxygen atoms in total. The number of aromatic nitrogens is 1. The summed E-state index contributed by atoms with van der Waals surface area (Å²) in [7, 11) is 0. The molecule has 1 aromatic carbocycles. The van der Waals surface area contributed by atoms with Crippen molar-refractivity contribution in [2.24, 2.45) is 5.73 Å². The number of nitrogens with zero attached hydrogens (tertiary/aromatic N) is 1. The fourth-order valence-corrected chi connectivity index (χ4v) is 2.06. The molecule has 2 rings (SSSR count). The van der Waals surface area contributed by atoms with Crippen LogP contribution in [0.5, 0.6) is 5.75 Å². The van der Waals surface area contributed by atoms with Crippen LogP contribution in [0.2, 0.25) is 5.02 Å². The van der Waals surface area contributed by atoms with Crippen LogP contribution in [0.15, 0.2) is 30.5 Å². The standard InChI is InChI=1S/C15H16ClN3O/c1-9-6-12(7-10(2)13(9)16)20-8-11-4-3-5-19-14(11)15(17)18/h3-7H,8H2,1-2H3,(H3,17,18). The number of nitrogens with one attached hydrogen (secondary N) is 1. The van der Waals surface area contributed by atoms with E-state index in [1.807, 2.05) is 32.0 Å². The van der Waals surface area contributed by atoms with Gasteiger partial charge in [0.2, 0.25) is 0 Å². The van der Waals surface area contributed by atoms with E-state index in [2.05, 4.69) is 4.98 Å². The van der Waals surface area contributed by atoms with Crippen molar-refractivity contribution in [3.63, 3.8) is 0 Å². The summed E-state index contributed by atoms with van der Waals surface area (Å²) >= 11 is 6.12. The largest absolute Gasteiger partial charge is 0.489 e. The first-order valence-corrected chi connectivity index (χ1v) is 6.54. The number of halogens is 1. The second-order valence-electron chi connectivity index (χ2n) is 4.58. The van der Waals surface area contributed by atoms with Gasteiger partial charge < -0.3 is 10.5 Å². The third-order valence-electron chi connectivity index (χ3n) is 2.95. The molecular formula is C15H16ClN3O. The van der Waals surface area contributed by atoms with E-state index in [1.54, 1.807) is 12.3 Å².